The van der Waals surface area contributed by atoms with E-state index in [1.807, 2.05) is 30.3 Å². The summed E-state index contributed by atoms with van der Waals surface area (Å²) in [5, 5.41) is 5.81. The van der Waals surface area contributed by atoms with Crippen molar-refractivity contribution in [2.75, 3.05) is 25.5 Å². The standard InChI is InChI=1S/C21H24ClN3O4/c1-25(14-19(26)24-18-10-5-9-17(22)13-18)20(27)11-6-12-23-21(28)29-15-16-7-3-2-4-8-16/h2-5,7-10,13H,6,11-12,14-15H2,1H3,(H,23,28)(H,24,26). The van der Waals surface area contributed by atoms with Crippen molar-refractivity contribution in [1.29, 1.82) is 0 Å². The number of nitrogens with one attached hydrogen (secondary N) is 2. The fourth-order valence-corrected chi connectivity index (χ4v) is 2.66. The van der Waals surface area contributed by atoms with Crippen LogP contribution in [0.15, 0.2) is 54.6 Å². The summed E-state index contributed by atoms with van der Waals surface area (Å²) in [6.07, 6.45) is 0.120. The van der Waals surface area contributed by atoms with Crippen molar-refractivity contribution in [2.24, 2.45) is 0 Å². The van der Waals surface area contributed by atoms with Crippen LogP contribution in [0.5, 0.6) is 0 Å². The van der Waals surface area contributed by atoms with Gasteiger partial charge in [0, 0.05) is 30.7 Å². The summed E-state index contributed by atoms with van der Waals surface area (Å²) in [4.78, 5) is 37.1. The predicted octanol–water partition coefficient (Wildman–Crippen LogP) is 3.44. The van der Waals surface area contributed by atoms with Crippen LogP contribution >= 0.6 is 11.6 Å². The van der Waals surface area contributed by atoms with Crippen molar-refractivity contribution in [3.8, 4) is 0 Å². The highest BCUT2D eigenvalue weighted by molar-refractivity contribution is 6.30. The van der Waals surface area contributed by atoms with Crippen molar-refractivity contribution >= 4 is 35.2 Å². The summed E-state index contributed by atoms with van der Waals surface area (Å²) in [5.41, 5.74) is 1.47. The molecular formula is C21H24ClN3O4. The first-order chi connectivity index (χ1) is 13.9. The second kappa shape index (κ2) is 11.7. The van der Waals surface area contributed by atoms with E-state index >= 15 is 0 Å². The summed E-state index contributed by atoms with van der Waals surface area (Å²) in [6.45, 7) is 0.426. The molecule has 0 heterocycles. The Morgan fingerprint density at radius 2 is 1.83 bits per heavy atom. The van der Waals surface area contributed by atoms with E-state index in [9.17, 15) is 14.4 Å². The largest absolute Gasteiger partial charge is 0.445 e. The molecule has 2 N–H and O–H groups in total. The molecular weight excluding hydrogens is 394 g/mol. The Hall–Kier alpha value is -3.06. The number of nitrogens with zero attached hydrogens (tertiary/aromatic N) is 1. The zero-order chi connectivity index (χ0) is 21.1. The van der Waals surface area contributed by atoms with E-state index in [2.05, 4.69) is 10.6 Å². The molecule has 0 aliphatic carbocycles. The molecule has 0 spiro atoms. The average molecular weight is 418 g/mol. The Kier molecular flexibility index (Phi) is 8.98. The van der Waals surface area contributed by atoms with Gasteiger partial charge in [-0.25, -0.2) is 4.79 Å². The highest BCUT2D eigenvalue weighted by atomic mass is 35.5. The highest BCUT2D eigenvalue weighted by Crippen LogP contribution is 2.14. The number of halogens is 1. The molecule has 0 saturated heterocycles. The van der Waals surface area contributed by atoms with Crippen LogP contribution in [0, 0.1) is 0 Å². The lowest BCUT2D eigenvalue weighted by atomic mass is 10.2. The monoisotopic (exact) mass is 417 g/mol. The Bertz CT molecular complexity index is 830. The normalized spacial score (nSPS) is 10.1. The molecule has 0 radical (unpaired) electrons. The van der Waals surface area contributed by atoms with Crippen LogP contribution in [-0.2, 0) is 20.9 Å². The van der Waals surface area contributed by atoms with E-state index in [4.69, 9.17) is 16.3 Å². The molecule has 2 aromatic carbocycles. The minimum atomic E-state index is -0.532. The third kappa shape index (κ3) is 8.66. The fourth-order valence-electron chi connectivity index (χ4n) is 2.47. The third-order valence-corrected chi connectivity index (χ3v) is 4.20. The Morgan fingerprint density at radius 3 is 2.55 bits per heavy atom. The average Bonchev–Trinajstić information content (AvgIpc) is 2.70. The van der Waals surface area contributed by atoms with Gasteiger partial charge in [-0.15, -0.1) is 0 Å². The van der Waals surface area contributed by atoms with E-state index in [1.165, 1.54) is 4.90 Å². The SMILES string of the molecule is CN(CC(=O)Nc1cccc(Cl)c1)C(=O)CCCNC(=O)OCc1ccccc1. The summed E-state index contributed by atoms with van der Waals surface area (Å²) in [6, 6.07) is 16.1. The summed E-state index contributed by atoms with van der Waals surface area (Å²) < 4.78 is 5.09. The molecule has 0 aliphatic heterocycles. The second-order valence-corrected chi connectivity index (χ2v) is 6.84. The maximum absolute atomic E-state index is 12.1. The Labute approximate surface area is 175 Å². The topological polar surface area (TPSA) is 87.7 Å². The molecule has 0 unspecified atom stereocenters. The quantitative estimate of drug-likeness (QED) is 0.612. The zero-order valence-corrected chi connectivity index (χ0v) is 16.9. The number of amides is 3. The highest BCUT2D eigenvalue weighted by Gasteiger charge is 2.13. The van der Waals surface area contributed by atoms with Gasteiger partial charge in [-0.05, 0) is 30.2 Å². The second-order valence-electron chi connectivity index (χ2n) is 6.40. The van der Waals surface area contributed by atoms with Gasteiger partial charge in [-0.1, -0.05) is 48.0 Å². The van der Waals surface area contributed by atoms with E-state index in [-0.39, 0.29) is 31.4 Å². The number of carbonyl (C=O) groups excluding carboxylic acids is 3. The number of anilines is 1. The number of carbonyl (C=O) groups is 3. The van der Waals surface area contributed by atoms with Crippen LogP contribution in [0.25, 0.3) is 0 Å². The van der Waals surface area contributed by atoms with Crippen molar-refractivity contribution in [3.63, 3.8) is 0 Å². The van der Waals surface area contributed by atoms with Gasteiger partial charge in [0.05, 0.1) is 6.54 Å². The molecule has 29 heavy (non-hydrogen) atoms. The summed E-state index contributed by atoms with van der Waals surface area (Å²) in [5.74, 6) is -0.503. The lowest BCUT2D eigenvalue weighted by Gasteiger charge is -2.17. The number of hydrogen-bond acceptors (Lipinski definition) is 4. The number of alkyl carbamates (subject to hydrolysis) is 1. The first-order valence-corrected chi connectivity index (χ1v) is 9.56. The molecule has 2 aromatic rings. The van der Waals surface area contributed by atoms with Crippen molar-refractivity contribution in [2.45, 2.75) is 19.4 Å². The van der Waals surface area contributed by atoms with E-state index in [0.717, 1.165) is 5.56 Å². The molecule has 0 bridgehead atoms. The third-order valence-electron chi connectivity index (χ3n) is 3.96. The maximum Gasteiger partial charge on any atom is 0.407 e. The minimum Gasteiger partial charge on any atom is -0.445 e. The Balaban J connectivity index is 1.60. The minimum absolute atomic E-state index is 0.0715. The van der Waals surface area contributed by atoms with Gasteiger partial charge >= 0.3 is 6.09 Å². The van der Waals surface area contributed by atoms with Crippen LogP contribution in [-0.4, -0.2) is 42.9 Å². The van der Waals surface area contributed by atoms with Crippen LogP contribution < -0.4 is 10.6 Å². The number of likely N-dealkylation sites (N-methyl/N-ethyl adjacent to an activating group) is 1. The Morgan fingerprint density at radius 1 is 1.07 bits per heavy atom. The van der Waals surface area contributed by atoms with Gasteiger partial charge in [0.2, 0.25) is 11.8 Å². The van der Waals surface area contributed by atoms with E-state index in [0.29, 0.717) is 23.7 Å². The van der Waals surface area contributed by atoms with E-state index in [1.54, 1.807) is 31.3 Å². The van der Waals surface area contributed by atoms with Crippen LogP contribution in [0.3, 0.4) is 0 Å². The van der Waals surface area contributed by atoms with E-state index < -0.39 is 6.09 Å². The van der Waals surface area contributed by atoms with Gasteiger partial charge < -0.3 is 20.3 Å². The molecule has 154 valence electrons. The molecule has 2 rings (SSSR count). The summed E-state index contributed by atoms with van der Waals surface area (Å²) >= 11 is 5.87. The smallest absolute Gasteiger partial charge is 0.407 e. The lowest BCUT2D eigenvalue weighted by Crippen LogP contribution is -2.35. The van der Waals surface area contributed by atoms with Crippen LogP contribution in [0.2, 0.25) is 5.02 Å². The molecule has 3 amide bonds. The molecule has 8 heteroatoms. The number of hydrogen-bond donors (Lipinski definition) is 2. The molecule has 0 aromatic heterocycles. The fraction of sp³-hybridized carbons (Fsp3) is 0.286. The van der Waals surface area contributed by atoms with Gasteiger partial charge in [0.25, 0.3) is 0 Å². The van der Waals surface area contributed by atoms with Crippen molar-refractivity contribution in [1.82, 2.24) is 10.2 Å². The van der Waals surface area contributed by atoms with Crippen LogP contribution in [0.4, 0.5) is 10.5 Å². The number of rotatable bonds is 9. The lowest BCUT2D eigenvalue weighted by molar-refractivity contribution is -0.133. The van der Waals surface area contributed by atoms with Gasteiger partial charge in [-0.2, -0.15) is 0 Å². The van der Waals surface area contributed by atoms with Crippen molar-refractivity contribution in [3.05, 3.63) is 65.2 Å². The van der Waals surface area contributed by atoms with Gasteiger partial charge in [0.1, 0.15) is 6.61 Å². The van der Waals surface area contributed by atoms with Gasteiger partial charge in [0.15, 0.2) is 0 Å². The first-order valence-electron chi connectivity index (χ1n) is 9.18. The predicted molar refractivity (Wildman–Crippen MR) is 112 cm³/mol. The number of ether oxygens (including phenoxy) is 1. The van der Waals surface area contributed by atoms with Crippen LogP contribution in [0.1, 0.15) is 18.4 Å². The number of benzene rings is 2. The summed E-state index contributed by atoms with van der Waals surface area (Å²) in [7, 11) is 1.56. The molecule has 0 saturated carbocycles. The van der Waals surface area contributed by atoms with Gasteiger partial charge in [-0.3, -0.25) is 9.59 Å². The first kappa shape index (κ1) is 22.2. The molecule has 0 fully saturated rings. The molecule has 7 nitrogen and oxygen atoms in total. The zero-order valence-electron chi connectivity index (χ0n) is 16.2. The molecule has 0 aliphatic rings. The maximum atomic E-state index is 12.1. The molecule has 0 atom stereocenters. The van der Waals surface area contributed by atoms with Crippen molar-refractivity contribution < 1.29 is 19.1 Å².